The Labute approximate surface area is 149 Å². The predicted octanol–water partition coefficient (Wildman–Crippen LogP) is 1.83. The highest BCUT2D eigenvalue weighted by Crippen LogP contribution is 2.20. The lowest BCUT2D eigenvalue weighted by Gasteiger charge is -2.12. The summed E-state index contributed by atoms with van der Waals surface area (Å²) in [6, 6.07) is 13.7. The minimum absolute atomic E-state index is 0.0310. The molecule has 0 aliphatic rings. The highest BCUT2D eigenvalue weighted by molar-refractivity contribution is 7.18. The molecule has 0 saturated heterocycles. The van der Waals surface area contributed by atoms with E-state index >= 15 is 0 Å². The quantitative estimate of drug-likeness (QED) is 0.610. The maximum absolute atomic E-state index is 12.3. The fourth-order valence-corrected chi connectivity index (χ4v) is 4.06. The molecule has 3 aromatic heterocycles. The number of quaternary nitrogens is 1. The van der Waals surface area contributed by atoms with Gasteiger partial charge in [-0.2, -0.15) is 0 Å². The molecular weight excluding hydrogens is 332 g/mol. The van der Waals surface area contributed by atoms with Crippen molar-refractivity contribution in [2.75, 3.05) is 7.05 Å². The maximum atomic E-state index is 12.3. The van der Waals surface area contributed by atoms with Gasteiger partial charge in [0.15, 0.2) is 0 Å². The topological polar surface area (TPSA) is 51.7 Å². The van der Waals surface area contributed by atoms with Crippen molar-refractivity contribution in [2.24, 2.45) is 0 Å². The van der Waals surface area contributed by atoms with Gasteiger partial charge in [-0.1, -0.05) is 18.2 Å². The van der Waals surface area contributed by atoms with Gasteiger partial charge >= 0.3 is 0 Å². The van der Waals surface area contributed by atoms with Gasteiger partial charge in [0.2, 0.25) is 0 Å². The van der Waals surface area contributed by atoms with Crippen molar-refractivity contribution in [2.45, 2.75) is 20.0 Å². The average molecular weight is 351 g/mol. The average Bonchev–Trinajstić information content (AvgIpc) is 2.97. The third-order valence-electron chi connectivity index (χ3n) is 4.13. The van der Waals surface area contributed by atoms with Gasteiger partial charge < -0.3 is 4.90 Å². The third-order valence-corrected chi connectivity index (χ3v) is 5.17. The highest BCUT2D eigenvalue weighted by Gasteiger charge is 2.12. The minimum atomic E-state index is -0.0310. The third kappa shape index (κ3) is 3.31. The highest BCUT2D eigenvalue weighted by atomic mass is 32.1. The Kier molecular flexibility index (Phi) is 4.07. The predicted molar refractivity (Wildman–Crippen MR) is 100 cm³/mol. The van der Waals surface area contributed by atoms with E-state index in [2.05, 4.69) is 23.1 Å². The largest absolute Gasteiger partial charge is 0.327 e. The van der Waals surface area contributed by atoms with E-state index in [1.165, 1.54) is 9.60 Å². The van der Waals surface area contributed by atoms with E-state index in [1.54, 1.807) is 21.8 Å². The molecule has 0 fully saturated rings. The molecule has 0 bridgehead atoms. The standard InChI is InChI=1S/C19H18N4OS/c1-13-7-8-17-20-14(9-19(24)23(17)10-13)11-22(2)12-18-21-15-5-3-4-6-16(15)25-18/h3-10H,11-12H2,1-2H3/p+1. The lowest BCUT2D eigenvalue weighted by molar-refractivity contribution is -0.908. The van der Waals surface area contributed by atoms with Gasteiger partial charge in [0.25, 0.3) is 5.56 Å². The Morgan fingerprint density at radius 1 is 1.12 bits per heavy atom. The van der Waals surface area contributed by atoms with Crippen molar-refractivity contribution in [1.82, 2.24) is 14.4 Å². The summed E-state index contributed by atoms with van der Waals surface area (Å²) < 4.78 is 2.81. The van der Waals surface area contributed by atoms with Crippen LogP contribution in [0.1, 0.15) is 16.3 Å². The smallest absolute Gasteiger partial charge is 0.258 e. The summed E-state index contributed by atoms with van der Waals surface area (Å²) in [5, 5.41) is 1.10. The van der Waals surface area contributed by atoms with E-state index in [-0.39, 0.29) is 5.56 Å². The summed E-state index contributed by atoms with van der Waals surface area (Å²) in [4.78, 5) is 22.9. The lowest BCUT2D eigenvalue weighted by Crippen LogP contribution is -3.06. The molecule has 0 radical (unpaired) electrons. The summed E-state index contributed by atoms with van der Waals surface area (Å²) in [5.41, 5.74) is 3.57. The first-order valence-electron chi connectivity index (χ1n) is 8.23. The van der Waals surface area contributed by atoms with Crippen LogP contribution in [0.2, 0.25) is 0 Å². The zero-order chi connectivity index (χ0) is 17.4. The van der Waals surface area contributed by atoms with Gasteiger partial charge in [-0.15, -0.1) is 11.3 Å². The fraction of sp³-hybridized carbons (Fsp3) is 0.211. The second-order valence-corrected chi connectivity index (χ2v) is 7.52. The van der Waals surface area contributed by atoms with Crippen molar-refractivity contribution < 1.29 is 4.90 Å². The molecule has 0 saturated carbocycles. The maximum Gasteiger partial charge on any atom is 0.258 e. The Hall–Kier alpha value is -2.57. The van der Waals surface area contributed by atoms with E-state index in [1.807, 2.05) is 43.5 Å². The Morgan fingerprint density at radius 2 is 1.96 bits per heavy atom. The van der Waals surface area contributed by atoms with E-state index in [0.29, 0.717) is 12.2 Å². The molecule has 1 unspecified atom stereocenters. The van der Waals surface area contributed by atoms with Crippen molar-refractivity contribution in [3.05, 3.63) is 75.3 Å². The van der Waals surface area contributed by atoms with Crippen LogP contribution in [0.3, 0.4) is 0 Å². The number of para-hydroxylation sites is 1. The first-order valence-corrected chi connectivity index (χ1v) is 9.05. The van der Waals surface area contributed by atoms with Gasteiger partial charge in [-0.3, -0.25) is 9.20 Å². The van der Waals surface area contributed by atoms with Gasteiger partial charge in [0, 0.05) is 12.3 Å². The molecule has 4 rings (SSSR count). The molecule has 0 spiro atoms. The molecule has 0 aliphatic carbocycles. The summed E-state index contributed by atoms with van der Waals surface area (Å²) in [6.45, 7) is 3.47. The van der Waals surface area contributed by atoms with Gasteiger partial charge in [0.05, 0.1) is 17.3 Å². The van der Waals surface area contributed by atoms with Crippen LogP contribution in [0.4, 0.5) is 0 Å². The normalized spacial score (nSPS) is 12.7. The lowest BCUT2D eigenvalue weighted by atomic mass is 10.3. The molecule has 3 heterocycles. The summed E-state index contributed by atoms with van der Waals surface area (Å²) >= 11 is 1.73. The molecule has 6 heteroatoms. The van der Waals surface area contributed by atoms with E-state index in [4.69, 9.17) is 0 Å². The van der Waals surface area contributed by atoms with Crippen LogP contribution in [0, 0.1) is 6.92 Å². The number of aromatic nitrogens is 3. The molecule has 25 heavy (non-hydrogen) atoms. The molecule has 4 aromatic rings. The first kappa shape index (κ1) is 15.9. The van der Waals surface area contributed by atoms with Crippen LogP contribution < -0.4 is 10.5 Å². The van der Waals surface area contributed by atoms with E-state index in [9.17, 15) is 4.79 Å². The summed E-state index contributed by atoms with van der Waals surface area (Å²) in [6.07, 6.45) is 1.83. The second kappa shape index (κ2) is 6.38. The Bertz CT molecular complexity index is 1080. The Balaban J connectivity index is 1.55. The minimum Gasteiger partial charge on any atom is -0.327 e. The first-order chi connectivity index (χ1) is 12.1. The number of fused-ring (bicyclic) bond motifs is 2. The molecule has 126 valence electrons. The molecule has 1 N–H and O–H groups in total. The zero-order valence-electron chi connectivity index (χ0n) is 14.2. The Morgan fingerprint density at radius 3 is 2.80 bits per heavy atom. The number of nitrogens with zero attached hydrogens (tertiary/aromatic N) is 3. The van der Waals surface area contributed by atoms with Gasteiger partial charge in [-0.25, -0.2) is 9.97 Å². The number of benzene rings is 1. The fourth-order valence-electron chi connectivity index (χ4n) is 2.97. The van der Waals surface area contributed by atoms with Crippen LogP contribution in [0.15, 0.2) is 53.5 Å². The summed E-state index contributed by atoms with van der Waals surface area (Å²) in [7, 11) is 2.10. The van der Waals surface area contributed by atoms with Crippen molar-refractivity contribution in [3.63, 3.8) is 0 Å². The van der Waals surface area contributed by atoms with Crippen molar-refractivity contribution in [1.29, 1.82) is 0 Å². The molecular formula is C19H19N4OS+. The second-order valence-electron chi connectivity index (χ2n) is 6.41. The number of hydrogen-bond donors (Lipinski definition) is 1. The molecule has 1 atom stereocenters. The van der Waals surface area contributed by atoms with Crippen molar-refractivity contribution >= 4 is 27.2 Å². The van der Waals surface area contributed by atoms with E-state index < -0.39 is 0 Å². The number of thiazole rings is 1. The number of pyridine rings is 1. The van der Waals surface area contributed by atoms with Crippen LogP contribution in [0.5, 0.6) is 0 Å². The van der Waals surface area contributed by atoms with Gasteiger partial charge in [-0.05, 0) is 30.7 Å². The van der Waals surface area contributed by atoms with Crippen LogP contribution >= 0.6 is 11.3 Å². The van der Waals surface area contributed by atoms with Crippen LogP contribution in [-0.4, -0.2) is 21.4 Å². The van der Waals surface area contributed by atoms with Crippen molar-refractivity contribution in [3.8, 4) is 0 Å². The molecule has 5 nitrogen and oxygen atoms in total. The van der Waals surface area contributed by atoms with Crippen LogP contribution in [-0.2, 0) is 13.1 Å². The van der Waals surface area contributed by atoms with E-state index in [0.717, 1.165) is 28.3 Å². The van der Waals surface area contributed by atoms with Gasteiger partial charge in [0.1, 0.15) is 29.4 Å². The number of hydrogen-bond acceptors (Lipinski definition) is 4. The molecule has 0 amide bonds. The number of aryl methyl sites for hydroxylation is 1. The van der Waals surface area contributed by atoms with Crippen LogP contribution in [0.25, 0.3) is 15.9 Å². The molecule has 1 aromatic carbocycles. The summed E-state index contributed by atoms with van der Waals surface area (Å²) in [5.74, 6) is 0. The number of rotatable bonds is 4. The monoisotopic (exact) mass is 351 g/mol. The number of nitrogens with one attached hydrogen (secondary N) is 1. The zero-order valence-corrected chi connectivity index (χ0v) is 15.0. The SMILES string of the molecule is Cc1ccc2nc(C[NH+](C)Cc3nc4ccccc4s3)cc(=O)n2c1. The molecule has 0 aliphatic heterocycles.